The van der Waals surface area contributed by atoms with Crippen molar-refractivity contribution in [2.45, 2.75) is 46.5 Å². The maximum atomic E-state index is 12.3. The molecule has 0 aliphatic carbocycles. The topological polar surface area (TPSA) is 37.3 Å². The molecule has 2 heteroatoms. The molecular formula is C20H24O2. The Hall–Kier alpha value is -2.09. The molecule has 2 aromatic carbocycles. The first-order valence-electron chi connectivity index (χ1n) is 7.71. The van der Waals surface area contributed by atoms with E-state index in [2.05, 4.69) is 12.1 Å². The monoisotopic (exact) mass is 296 g/mol. The van der Waals surface area contributed by atoms with E-state index in [-0.39, 0.29) is 0 Å². The minimum atomic E-state index is -0.991. The van der Waals surface area contributed by atoms with Crippen molar-refractivity contribution in [3.8, 4) is 0 Å². The van der Waals surface area contributed by atoms with Crippen LogP contribution >= 0.6 is 0 Å². The lowest BCUT2D eigenvalue weighted by molar-refractivity contribution is -0.142. The summed E-state index contributed by atoms with van der Waals surface area (Å²) < 4.78 is 0. The predicted octanol–water partition coefficient (Wildman–Crippen LogP) is 4.70. The SMILES string of the molecule is CCC(C(=O)O)(c1ccc(C)cc1C)c1ccc(C)cc1C. The molecule has 0 radical (unpaired) electrons. The fraction of sp³-hybridized carbons (Fsp3) is 0.350. The van der Waals surface area contributed by atoms with E-state index >= 15 is 0 Å². The maximum absolute atomic E-state index is 12.3. The molecule has 0 fully saturated rings. The lowest BCUT2D eigenvalue weighted by Crippen LogP contribution is -2.38. The summed E-state index contributed by atoms with van der Waals surface area (Å²) in [6.07, 6.45) is 0.524. The molecule has 0 saturated carbocycles. The number of rotatable bonds is 4. The predicted molar refractivity (Wildman–Crippen MR) is 90.5 cm³/mol. The molecule has 0 unspecified atom stereocenters. The van der Waals surface area contributed by atoms with Crippen molar-refractivity contribution in [1.29, 1.82) is 0 Å². The molecule has 22 heavy (non-hydrogen) atoms. The van der Waals surface area contributed by atoms with E-state index in [4.69, 9.17) is 0 Å². The fourth-order valence-corrected chi connectivity index (χ4v) is 3.49. The highest BCUT2D eigenvalue weighted by Crippen LogP contribution is 2.39. The summed E-state index contributed by atoms with van der Waals surface area (Å²) in [5.41, 5.74) is 5.15. The van der Waals surface area contributed by atoms with Gasteiger partial charge in [-0.2, -0.15) is 0 Å². The Morgan fingerprint density at radius 2 is 1.32 bits per heavy atom. The molecule has 1 N–H and O–H groups in total. The molecule has 2 rings (SSSR count). The second kappa shape index (κ2) is 5.96. The van der Waals surface area contributed by atoms with Crippen molar-refractivity contribution < 1.29 is 9.90 Å². The first-order chi connectivity index (χ1) is 10.3. The molecule has 0 spiro atoms. The van der Waals surface area contributed by atoms with Crippen molar-refractivity contribution in [3.63, 3.8) is 0 Å². The molecule has 0 heterocycles. The van der Waals surface area contributed by atoms with E-state index in [1.54, 1.807) is 0 Å². The van der Waals surface area contributed by atoms with E-state index in [0.29, 0.717) is 6.42 Å². The van der Waals surface area contributed by atoms with E-state index in [9.17, 15) is 9.90 Å². The average molecular weight is 296 g/mol. The van der Waals surface area contributed by atoms with Crippen LogP contribution in [0.15, 0.2) is 36.4 Å². The molecule has 116 valence electrons. The number of carboxylic acids is 1. The standard InChI is InChI=1S/C20H24O2/c1-6-20(19(21)22,17-9-7-13(2)11-15(17)4)18-10-8-14(3)12-16(18)5/h7-12H,6H2,1-5H3,(H,21,22). The van der Waals surface area contributed by atoms with Gasteiger partial charge in [0.25, 0.3) is 0 Å². The zero-order chi connectivity index (χ0) is 16.5. The van der Waals surface area contributed by atoms with Crippen molar-refractivity contribution in [3.05, 3.63) is 69.8 Å². The van der Waals surface area contributed by atoms with Crippen LogP contribution in [0.1, 0.15) is 46.7 Å². The van der Waals surface area contributed by atoms with Crippen LogP contribution in [0.5, 0.6) is 0 Å². The van der Waals surface area contributed by atoms with Crippen LogP contribution in [-0.2, 0) is 10.2 Å². The number of aliphatic carboxylic acids is 1. The van der Waals surface area contributed by atoms with Gasteiger partial charge in [-0.05, 0) is 56.4 Å². The Labute approximate surface area is 132 Å². The quantitative estimate of drug-likeness (QED) is 0.888. The molecule has 2 aromatic rings. The molecular weight excluding hydrogens is 272 g/mol. The third-order valence-corrected chi connectivity index (χ3v) is 4.58. The fourth-order valence-electron chi connectivity index (χ4n) is 3.49. The van der Waals surface area contributed by atoms with Gasteiger partial charge in [-0.25, -0.2) is 0 Å². The van der Waals surface area contributed by atoms with E-state index in [1.807, 2.05) is 58.9 Å². The summed E-state index contributed by atoms with van der Waals surface area (Å²) in [4.78, 5) is 12.3. The molecule has 0 amide bonds. The highest BCUT2D eigenvalue weighted by molar-refractivity contribution is 5.87. The smallest absolute Gasteiger partial charge is 0.318 e. The van der Waals surface area contributed by atoms with Gasteiger partial charge in [0, 0.05) is 0 Å². The number of benzene rings is 2. The number of carboxylic acid groups (broad SMARTS) is 1. The second-order valence-corrected chi connectivity index (χ2v) is 6.20. The minimum Gasteiger partial charge on any atom is -0.480 e. The van der Waals surface area contributed by atoms with Crippen LogP contribution in [0.4, 0.5) is 0 Å². The average Bonchev–Trinajstić information content (AvgIpc) is 2.43. The molecule has 0 atom stereocenters. The maximum Gasteiger partial charge on any atom is 0.318 e. The van der Waals surface area contributed by atoms with Gasteiger partial charge in [0.2, 0.25) is 0 Å². The van der Waals surface area contributed by atoms with Crippen molar-refractivity contribution in [2.75, 3.05) is 0 Å². The minimum absolute atomic E-state index is 0.524. The van der Waals surface area contributed by atoms with Crippen LogP contribution in [0.2, 0.25) is 0 Å². The summed E-state index contributed by atoms with van der Waals surface area (Å²) in [6, 6.07) is 12.1. The Balaban J connectivity index is 2.80. The number of carbonyl (C=O) groups is 1. The Bertz CT molecular complexity index is 662. The van der Waals surface area contributed by atoms with Crippen molar-refractivity contribution in [1.82, 2.24) is 0 Å². The molecule has 0 saturated heterocycles. The highest BCUT2D eigenvalue weighted by Gasteiger charge is 2.42. The third kappa shape index (κ3) is 2.54. The molecule has 0 aliphatic rings. The summed E-state index contributed by atoms with van der Waals surface area (Å²) >= 11 is 0. The number of hydrogen-bond donors (Lipinski definition) is 1. The van der Waals surface area contributed by atoms with E-state index in [1.165, 1.54) is 0 Å². The first kappa shape index (κ1) is 16.3. The van der Waals surface area contributed by atoms with Gasteiger partial charge in [-0.3, -0.25) is 4.79 Å². The zero-order valence-electron chi connectivity index (χ0n) is 14.0. The Kier molecular flexibility index (Phi) is 4.41. The third-order valence-electron chi connectivity index (χ3n) is 4.58. The Morgan fingerprint density at radius 3 is 1.59 bits per heavy atom. The van der Waals surface area contributed by atoms with Crippen LogP contribution in [0, 0.1) is 27.7 Å². The number of hydrogen-bond acceptors (Lipinski definition) is 1. The molecule has 2 nitrogen and oxygen atoms in total. The van der Waals surface area contributed by atoms with Crippen LogP contribution in [0.3, 0.4) is 0 Å². The van der Waals surface area contributed by atoms with E-state index < -0.39 is 11.4 Å². The number of aryl methyl sites for hydroxylation is 4. The second-order valence-electron chi connectivity index (χ2n) is 6.20. The lowest BCUT2D eigenvalue weighted by Gasteiger charge is -2.32. The van der Waals surface area contributed by atoms with Gasteiger partial charge in [-0.1, -0.05) is 54.4 Å². The normalized spacial score (nSPS) is 11.5. The van der Waals surface area contributed by atoms with Crippen molar-refractivity contribution in [2.24, 2.45) is 0 Å². The van der Waals surface area contributed by atoms with Crippen LogP contribution in [-0.4, -0.2) is 11.1 Å². The van der Waals surface area contributed by atoms with Gasteiger partial charge >= 0.3 is 5.97 Å². The van der Waals surface area contributed by atoms with Crippen LogP contribution in [0.25, 0.3) is 0 Å². The first-order valence-corrected chi connectivity index (χ1v) is 7.71. The van der Waals surface area contributed by atoms with Gasteiger partial charge in [0.1, 0.15) is 5.41 Å². The molecule has 0 aromatic heterocycles. The van der Waals surface area contributed by atoms with Crippen molar-refractivity contribution >= 4 is 5.97 Å². The van der Waals surface area contributed by atoms with Crippen LogP contribution < -0.4 is 0 Å². The van der Waals surface area contributed by atoms with Gasteiger partial charge in [0.05, 0.1) is 0 Å². The van der Waals surface area contributed by atoms with Gasteiger partial charge in [0.15, 0.2) is 0 Å². The lowest BCUT2D eigenvalue weighted by atomic mass is 9.69. The van der Waals surface area contributed by atoms with E-state index in [0.717, 1.165) is 33.4 Å². The zero-order valence-corrected chi connectivity index (χ0v) is 14.0. The van der Waals surface area contributed by atoms with Gasteiger partial charge < -0.3 is 5.11 Å². The summed E-state index contributed by atoms with van der Waals surface area (Å²) in [6.45, 7) is 10.0. The largest absolute Gasteiger partial charge is 0.480 e. The summed E-state index contributed by atoms with van der Waals surface area (Å²) in [5, 5.41) is 10.1. The highest BCUT2D eigenvalue weighted by atomic mass is 16.4. The van der Waals surface area contributed by atoms with Gasteiger partial charge in [-0.15, -0.1) is 0 Å². The summed E-state index contributed by atoms with van der Waals surface area (Å²) in [7, 11) is 0. The molecule has 0 bridgehead atoms. The molecule has 0 aliphatic heterocycles. The summed E-state index contributed by atoms with van der Waals surface area (Å²) in [5.74, 6) is -0.783. The Morgan fingerprint density at radius 1 is 0.909 bits per heavy atom.